The summed E-state index contributed by atoms with van der Waals surface area (Å²) in [6.45, 7) is 8.38. The highest BCUT2D eigenvalue weighted by Crippen LogP contribution is 2.38. The molecule has 64 valence electrons. The molecule has 11 heavy (non-hydrogen) atoms. The van der Waals surface area contributed by atoms with Gasteiger partial charge in [-0.3, -0.25) is 4.79 Å². The van der Waals surface area contributed by atoms with Crippen molar-refractivity contribution in [3.63, 3.8) is 0 Å². The van der Waals surface area contributed by atoms with Crippen LogP contribution in [0.15, 0.2) is 0 Å². The van der Waals surface area contributed by atoms with Gasteiger partial charge in [-0.25, -0.2) is 0 Å². The Labute approximate surface area is 69.2 Å². The van der Waals surface area contributed by atoms with Gasteiger partial charge in [0.2, 0.25) is 0 Å². The Morgan fingerprint density at radius 3 is 2.36 bits per heavy atom. The summed E-state index contributed by atoms with van der Waals surface area (Å²) in [6.07, 6.45) is 2.28. The molecule has 1 saturated carbocycles. The van der Waals surface area contributed by atoms with Crippen molar-refractivity contribution in [3.05, 3.63) is 0 Å². The van der Waals surface area contributed by atoms with Crippen LogP contribution in [0.2, 0.25) is 0 Å². The van der Waals surface area contributed by atoms with E-state index >= 15 is 0 Å². The summed E-state index contributed by atoms with van der Waals surface area (Å²) in [5.41, 5.74) is -0.0497. The van der Waals surface area contributed by atoms with Crippen molar-refractivity contribution in [1.82, 2.24) is 0 Å². The number of hydrogen-bond donors (Lipinski definition) is 0. The third kappa shape index (κ3) is 1.47. The van der Waals surface area contributed by atoms with Crippen molar-refractivity contribution >= 4 is 5.78 Å². The van der Waals surface area contributed by atoms with Gasteiger partial charge in [-0.1, -0.05) is 27.7 Å². The van der Waals surface area contributed by atoms with E-state index in [2.05, 4.69) is 27.7 Å². The normalized spacial score (nSPS) is 37.3. The van der Waals surface area contributed by atoms with Crippen LogP contribution >= 0.6 is 0 Å². The molecule has 0 spiro atoms. The first-order valence-electron chi connectivity index (χ1n) is 4.49. The highest BCUT2D eigenvalue weighted by atomic mass is 16.1. The first kappa shape index (κ1) is 8.76. The lowest BCUT2D eigenvalue weighted by Gasteiger charge is -2.35. The molecule has 1 rings (SSSR count). The van der Waals surface area contributed by atoms with Gasteiger partial charge in [0.05, 0.1) is 0 Å². The van der Waals surface area contributed by atoms with Gasteiger partial charge in [0.25, 0.3) is 0 Å². The molecule has 1 fully saturated rings. The Bertz CT molecular complexity index is 170. The fraction of sp³-hybridized carbons (Fsp3) is 0.900. The summed E-state index contributed by atoms with van der Waals surface area (Å²) >= 11 is 0. The molecule has 0 aromatic rings. The van der Waals surface area contributed by atoms with Crippen molar-refractivity contribution in [2.75, 3.05) is 0 Å². The van der Waals surface area contributed by atoms with Crippen LogP contribution in [0, 0.1) is 17.3 Å². The zero-order chi connectivity index (χ0) is 8.65. The lowest BCUT2D eigenvalue weighted by atomic mass is 9.67. The molecule has 1 aliphatic rings. The number of carbonyl (C=O) groups excluding carboxylic acids is 1. The molecule has 0 bridgehead atoms. The van der Waals surface area contributed by atoms with E-state index in [-0.39, 0.29) is 11.3 Å². The summed E-state index contributed by atoms with van der Waals surface area (Å²) in [7, 11) is 0. The molecule has 0 radical (unpaired) electrons. The van der Waals surface area contributed by atoms with E-state index in [1.54, 1.807) is 0 Å². The summed E-state index contributed by atoms with van der Waals surface area (Å²) in [6, 6.07) is 0. The second-order valence-corrected chi connectivity index (χ2v) is 4.55. The Balaban J connectivity index is 2.76. The molecule has 0 heterocycles. The Morgan fingerprint density at radius 1 is 1.36 bits per heavy atom. The van der Waals surface area contributed by atoms with Crippen molar-refractivity contribution in [1.29, 1.82) is 0 Å². The molecule has 0 aliphatic heterocycles. The quantitative estimate of drug-likeness (QED) is 0.524. The average molecular weight is 154 g/mol. The molecule has 0 saturated heterocycles. The molecule has 0 amide bonds. The van der Waals surface area contributed by atoms with Crippen LogP contribution in [-0.4, -0.2) is 5.78 Å². The molecule has 1 heteroatoms. The number of Topliss-reactive ketones (excluding diaryl/α,β-unsaturated/α-hetero) is 1. The molecule has 0 aromatic carbocycles. The van der Waals surface area contributed by atoms with Gasteiger partial charge < -0.3 is 0 Å². The van der Waals surface area contributed by atoms with E-state index in [0.717, 1.165) is 6.42 Å². The third-order valence-corrected chi connectivity index (χ3v) is 3.16. The van der Waals surface area contributed by atoms with E-state index in [1.807, 2.05) is 0 Å². The SMILES string of the molecule is C[C@@H]1CCC(C)(C)C(=O)[C@H]1C. The number of hydrogen-bond acceptors (Lipinski definition) is 1. The summed E-state index contributed by atoms with van der Waals surface area (Å²) < 4.78 is 0. The minimum Gasteiger partial charge on any atom is -0.299 e. The Morgan fingerprint density at radius 2 is 1.91 bits per heavy atom. The van der Waals surface area contributed by atoms with Gasteiger partial charge in [-0.15, -0.1) is 0 Å². The minimum atomic E-state index is -0.0497. The fourth-order valence-corrected chi connectivity index (χ4v) is 1.84. The van der Waals surface area contributed by atoms with E-state index in [9.17, 15) is 4.79 Å². The van der Waals surface area contributed by atoms with Crippen LogP contribution in [0.3, 0.4) is 0 Å². The van der Waals surface area contributed by atoms with Gasteiger partial charge in [0.15, 0.2) is 0 Å². The number of ketones is 1. The summed E-state index contributed by atoms with van der Waals surface area (Å²) in [5, 5.41) is 0. The van der Waals surface area contributed by atoms with Gasteiger partial charge >= 0.3 is 0 Å². The van der Waals surface area contributed by atoms with Crippen molar-refractivity contribution < 1.29 is 4.79 Å². The molecular formula is C10H18O. The van der Waals surface area contributed by atoms with Crippen molar-refractivity contribution in [2.24, 2.45) is 17.3 Å². The standard InChI is InChI=1S/C10H18O/c1-7-5-6-10(3,4)9(11)8(7)2/h7-8H,5-6H2,1-4H3/t7-,8+/m1/s1. The minimum absolute atomic E-state index is 0.0497. The fourth-order valence-electron chi connectivity index (χ4n) is 1.84. The topological polar surface area (TPSA) is 17.1 Å². The molecule has 0 N–H and O–H groups in total. The largest absolute Gasteiger partial charge is 0.299 e. The molecule has 1 nitrogen and oxygen atoms in total. The molecule has 2 atom stereocenters. The van der Waals surface area contributed by atoms with Crippen LogP contribution < -0.4 is 0 Å². The maximum atomic E-state index is 11.7. The molecule has 0 aromatic heterocycles. The third-order valence-electron chi connectivity index (χ3n) is 3.16. The first-order chi connectivity index (χ1) is 4.95. The zero-order valence-electron chi connectivity index (χ0n) is 7.98. The summed E-state index contributed by atoms with van der Waals surface area (Å²) in [4.78, 5) is 11.7. The smallest absolute Gasteiger partial charge is 0.141 e. The van der Waals surface area contributed by atoms with Gasteiger partial charge in [-0.2, -0.15) is 0 Å². The Kier molecular flexibility index (Phi) is 2.08. The van der Waals surface area contributed by atoms with E-state index in [4.69, 9.17) is 0 Å². The van der Waals surface area contributed by atoms with Crippen molar-refractivity contribution in [2.45, 2.75) is 40.5 Å². The van der Waals surface area contributed by atoms with Crippen LogP contribution in [0.4, 0.5) is 0 Å². The highest BCUT2D eigenvalue weighted by molar-refractivity contribution is 5.86. The van der Waals surface area contributed by atoms with E-state index < -0.39 is 0 Å². The van der Waals surface area contributed by atoms with Gasteiger partial charge in [0.1, 0.15) is 5.78 Å². The number of carbonyl (C=O) groups is 1. The van der Waals surface area contributed by atoms with Crippen LogP contribution in [-0.2, 0) is 4.79 Å². The highest BCUT2D eigenvalue weighted by Gasteiger charge is 2.38. The average Bonchev–Trinajstić information content (AvgIpc) is 1.95. The lowest BCUT2D eigenvalue weighted by Crippen LogP contribution is -2.37. The van der Waals surface area contributed by atoms with E-state index in [1.165, 1.54) is 6.42 Å². The molecule has 0 unspecified atom stereocenters. The monoisotopic (exact) mass is 154 g/mol. The van der Waals surface area contributed by atoms with Gasteiger partial charge in [-0.05, 0) is 18.8 Å². The van der Waals surface area contributed by atoms with Crippen molar-refractivity contribution in [3.8, 4) is 0 Å². The maximum absolute atomic E-state index is 11.7. The second kappa shape index (κ2) is 2.62. The number of rotatable bonds is 0. The Hall–Kier alpha value is -0.330. The summed E-state index contributed by atoms with van der Waals surface area (Å²) in [5.74, 6) is 1.32. The predicted molar refractivity (Wildman–Crippen MR) is 46.4 cm³/mol. The zero-order valence-corrected chi connectivity index (χ0v) is 7.98. The predicted octanol–water partition coefficient (Wildman–Crippen LogP) is 2.65. The van der Waals surface area contributed by atoms with Gasteiger partial charge in [0, 0.05) is 11.3 Å². The molecule has 1 aliphatic carbocycles. The van der Waals surface area contributed by atoms with Crippen LogP contribution in [0.25, 0.3) is 0 Å². The second-order valence-electron chi connectivity index (χ2n) is 4.55. The van der Waals surface area contributed by atoms with E-state index in [0.29, 0.717) is 11.7 Å². The lowest BCUT2D eigenvalue weighted by molar-refractivity contribution is -0.135. The van der Waals surface area contributed by atoms with Crippen LogP contribution in [0.5, 0.6) is 0 Å². The molecular weight excluding hydrogens is 136 g/mol. The first-order valence-corrected chi connectivity index (χ1v) is 4.49. The van der Waals surface area contributed by atoms with Crippen LogP contribution in [0.1, 0.15) is 40.5 Å². The maximum Gasteiger partial charge on any atom is 0.141 e.